The van der Waals surface area contributed by atoms with E-state index < -0.39 is 4.92 Å². The number of aromatic amines is 1. The van der Waals surface area contributed by atoms with Crippen LogP contribution in [0.5, 0.6) is 5.75 Å². The number of hydrogen-bond acceptors (Lipinski definition) is 8. The number of anilines is 1. The molecule has 2 rings (SSSR count). The number of hydrogen-bond donors (Lipinski definition) is 2. The van der Waals surface area contributed by atoms with E-state index in [0.717, 1.165) is 0 Å². The SMILES string of the molecule is CCOc1cc(NC=C(C#N)c2nn[nH]n2)ccc1[N+](=O)[O-]. The normalized spacial score (nSPS) is 10.8. The van der Waals surface area contributed by atoms with E-state index in [9.17, 15) is 10.1 Å². The number of aromatic nitrogens is 4. The molecule has 2 aromatic rings. The highest BCUT2D eigenvalue weighted by Gasteiger charge is 2.15. The molecule has 0 saturated carbocycles. The Morgan fingerprint density at radius 1 is 1.64 bits per heavy atom. The first kappa shape index (κ1) is 14.9. The van der Waals surface area contributed by atoms with E-state index in [0.29, 0.717) is 12.3 Å². The van der Waals surface area contributed by atoms with Crippen LogP contribution in [0.2, 0.25) is 0 Å². The zero-order valence-electron chi connectivity index (χ0n) is 11.5. The number of tetrazole rings is 1. The summed E-state index contributed by atoms with van der Waals surface area (Å²) in [6.45, 7) is 2.03. The monoisotopic (exact) mass is 301 g/mol. The molecule has 0 aliphatic heterocycles. The molecule has 10 nitrogen and oxygen atoms in total. The van der Waals surface area contributed by atoms with Gasteiger partial charge in [-0.1, -0.05) is 0 Å². The highest BCUT2D eigenvalue weighted by atomic mass is 16.6. The zero-order valence-corrected chi connectivity index (χ0v) is 11.5. The van der Waals surface area contributed by atoms with Crippen molar-refractivity contribution in [1.82, 2.24) is 20.6 Å². The Balaban J connectivity index is 2.25. The summed E-state index contributed by atoms with van der Waals surface area (Å²) in [4.78, 5) is 10.4. The molecule has 0 aliphatic rings. The van der Waals surface area contributed by atoms with E-state index in [1.54, 1.807) is 6.92 Å². The lowest BCUT2D eigenvalue weighted by Gasteiger charge is -2.07. The van der Waals surface area contributed by atoms with E-state index >= 15 is 0 Å². The molecule has 0 atom stereocenters. The van der Waals surface area contributed by atoms with Crippen LogP contribution < -0.4 is 10.1 Å². The van der Waals surface area contributed by atoms with Gasteiger partial charge in [0.25, 0.3) is 0 Å². The first-order chi connectivity index (χ1) is 10.7. The van der Waals surface area contributed by atoms with Crippen molar-refractivity contribution in [2.45, 2.75) is 6.92 Å². The van der Waals surface area contributed by atoms with Gasteiger partial charge in [-0.3, -0.25) is 10.1 Å². The molecular formula is C12H11N7O3. The number of rotatable bonds is 6. The van der Waals surface area contributed by atoms with Gasteiger partial charge in [0.1, 0.15) is 11.6 Å². The Hall–Kier alpha value is -3.48. The summed E-state index contributed by atoms with van der Waals surface area (Å²) in [5.41, 5.74) is 0.547. The molecule has 2 N–H and O–H groups in total. The molecule has 1 heterocycles. The molecule has 0 amide bonds. The molecular weight excluding hydrogens is 290 g/mol. The molecule has 1 aromatic carbocycles. The summed E-state index contributed by atoms with van der Waals surface area (Å²) in [6, 6.07) is 6.22. The maximum absolute atomic E-state index is 10.9. The van der Waals surface area contributed by atoms with Crippen LogP contribution in [0.25, 0.3) is 5.57 Å². The topological polar surface area (TPSA) is 143 Å². The predicted octanol–water partition coefficient (Wildman–Crippen LogP) is 1.48. The fourth-order valence-electron chi connectivity index (χ4n) is 1.60. The summed E-state index contributed by atoms with van der Waals surface area (Å²) in [7, 11) is 0. The van der Waals surface area contributed by atoms with Crippen LogP contribution in [0.3, 0.4) is 0 Å². The fourth-order valence-corrected chi connectivity index (χ4v) is 1.60. The lowest BCUT2D eigenvalue weighted by atomic mass is 10.2. The van der Waals surface area contributed by atoms with Crippen molar-refractivity contribution < 1.29 is 9.66 Å². The number of H-pyrrole nitrogens is 1. The molecule has 0 bridgehead atoms. The van der Waals surface area contributed by atoms with Crippen LogP contribution in [0.1, 0.15) is 12.7 Å². The van der Waals surface area contributed by atoms with E-state index in [2.05, 4.69) is 25.9 Å². The molecule has 10 heteroatoms. The minimum Gasteiger partial charge on any atom is -0.487 e. The van der Waals surface area contributed by atoms with Gasteiger partial charge in [0.2, 0.25) is 5.82 Å². The van der Waals surface area contributed by atoms with E-state index in [1.165, 1.54) is 24.4 Å². The Morgan fingerprint density at radius 3 is 3.05 bits per heavy atom. The second-order valence-corrected chi connectivity index (χ2v) is 3.92. The third-order valence-corrected chi connectivity index (χ3v) is 2.55. The van der Waals surface area contributed by atoms with Gasteiger partial charge < -0.3 is 10.1 Å². The van der Waals surface area contributed by atoms with Crippen molar-refractivity contribution in [3.05, 3.63) is 40.3 Å². The van der Waals surface area contributed by atoms with Gasteiger partial charge in [-0.25, -0.2) is 0 Å². The molecule has 0 radical (unpaired) electrons. The first-order valence-corrected chi connectivity index (χ1v) is 6.17. The molecule has 0 aliphatic carbocycles. The summed E-state index contributed by atoms with van der Waals surface area (Å²) in [5, 5.41) is 35.8. The summed E-state index contributed by atoms with van der Waals surface area (Å²) in [6.07, 6.45) is 1.38. The van der Waals surface area contributed by atoms with Gasteiger partial charge in [-0.2, -0.15) is 10.5 Å². The molecule has 0 saturated heterocycles. The van der Waals surface area contributed by atoms with Gasteiger partial charge in [0.05, 0.1) is 11.5 Å². The summed E-state index contributed by atoms with van der Waals surface area (Å²) in [5.74, 6) is 0.283. The number of ether oxygens (including phenoxy) is 1. The quantitative estimate of drug-likeness (QED) is 0.464. The molecule has 0 unspecified atom stereocenters. The van der Waals surface area contributed by atoms with Gasteiger partial charge in [0.15, 0.2) is 5.75 Å². The van der Waals surface area contributed by atoms with E-state index in [-0.39, 0.29) is 22.8 Å². The number of benzene rings is 1. The van der Waals surface area contributed by atoms with Crippen LogP contribution in [-0.4, -0.2) is 32.2 Å². The average Bonchev–Trinajstić information content (AvgIpc) is 3.02. The van der Waals surface area contributed by atoms with Crippen LogP contribution >= 0.6 is 0 Å². The molecule has 22 heavy (non-hydrogen) atoms. The van der Waals surface area contributed by atoms with Crippen LogP contribution in [-0.2, 0) is 0 Å². The Morgan fingerprint density at radius 2 is 2.45 bits per heavy atom. The second-order valence-electron chi connectivity index (χ2n) is 3.92. The lowest BCUT2D eigenvalue weighted by Crippen LogP contribution is -1.99. The van der Waals surface area contributed by atoms with Gasteiger partial charge in [-0.05, 0) is 18.2 Å². The van der Waals surface area contributed by atoms with Gasteiger partial charge in [0, 0.05) is 24.0 Å². The van der Waals surface area contributed by atoms with Gasteiger partial charge >= 0.3 is 5.69 Å². The van der Waals surface area contributed by atoms with Crippen molar-refractivity contribution in [2.24, 2.45) is 0 Å². The van der Waals surface area contributed by atoms with Crippen molar-refractivity contribution in [1.29, 1.82) is 5.26 Å². The molecule has 1 aromatic heterocycles. The first-order valence-electron chi connectivity index (χ1n) is 6.17. The Kier molecular flexibility index (Phi) is 4.61. The van der Waals surface area contributed by atoms with E-state index in [4.69, 9.17) is 10.00 Å². The number of nitro benzene ring substituents is 1. The van der Waals surface area contributed by atoms with Crippen molar-refractivity contribution in [3.63, 3.8) is 0 Å². The molecule has 0 fully saturated rings. The minimum atomic E-state index is -0.523. The van der Waals surface area contributed by atoms with Crippen LogP contribution in [0, 0.1) is 21.4 Å². The van der Waals surface area contributed by atoms with Crippen LogP contribution in [0.15, 0.2) is 24.4 Å². The third kappa shape index (κ3) is 3.34. The fraction of sp³-hybridized carbons (Fsp3) is 0.167. The maximum atomic E-state index is 10.9. The molecule has 0 spiro atoms. The second kappa shape index (κ2) is 6.80. The summed E-state index contributed by atoms with van der Waals surface area (Å²) < 4.78 is 5.24. The van der Waals surface area contributed by atoms with Gasteiger partial charge in [-0.15, -0.1) is 10.2 Å². The number of nitrogens with one attached hydrogen (secondary N) is 2. The third-order valence-electron chi connectivity index (χ3n) is 2.55. The maximum Gasteiger partial charge on any atom is 0.311 e. The highest BCUT2D eigenvalue weighted by Crippen LogP contribution is 2.30. The predicted molar refractivity (Wildman–Crippen MR) is 75.7 cm³/mol. The standard InChI is InChI=1S/C12H11N7O3/c1-2-22-11-5-9(3-4-10(11)19(20)21)14-7-8(6-13)12-15-17-18-16-12/h3-5,7,14H,2H2,1H3,(H,15,16,17,18). The van der Waals surface area contributed by atoms with Crippen molar-refractivity contribution in [2.75, 3.05) is 11.9 Å². The van der Waals surface area contributed by atoms with Crippen LogP contribution in [0.4, 0.5) is 11.4 Å². The van der Waals surface area contributed by atoms with Crippen molar-refractivity contribution in [3.8, 4) is 11.8 Å². The Labute approximate surface area is 124 Å². The number of allylic oxidation sites excluding steroid dienone is 1. The largest absolute Gasteiger partial charge is 0.487 e. The summed E-state index contributed by atoms with van der Waals surface area (Å²) >= 11 is 0. The molecule has 112 valence electrons. The number of nitrogens with zero attached hydrogens (tertiary/aromatic N) is 5. The average molecular weight is 301 g/mol. The van der Waals surface area contributed by atoms with E-state index in [1.807, 2.05) is 6.07 Å². The van der Waals surface area contributed by atoms with Crippen molar-refractivity contribution >= 4 is 16.9 Å². The number of nitro groups is 1. The highest BCUT2D eigenvalue weighted by molar-refractivity contribution is 5.74. The Bertz CT molecular complexity index is 734. The lowest BCUT2D eigenvalue weighted by molar-refractivity contribution is -0.385. The zero-order chi connectivity index (χ0) is 15.9. The smallest absolute Gasteiger partial charge is 0.311 e. The minimum absolute atomic E-state index is 0.130. The number of nitriles is 1.